The van der Waals surface area contributed by atoms with Gasteiger partial charge in [0, 0.05) is 47.5 Å². The molecule has 1 aromatic carbocycles. The summed E-state index contributed by atoms with van der Waals surface area (Å²) in [5, 5.41) is 0. The van der Waals surface area contributed by atoms with E-state index >= 15 is 0 Å². The molecule has 0 saturated heterocycles. The van der Waals surface area contributed by atoms with E-state index in [0.717, 1.165) is 27.3 Å². The molecular formula is C19H19FN2O2S2. The predicted molar refractivity (Wildman–Crippen MR) is 104 cm³/mol. The lowest BCUT2D eigenvalue weighted by Crippen LogP contribution is -2.22. The lowest BCUT2D eigenvalue weighted by molar-refractivity contribution is 0.413. The van der Waals surface area contributed by atoms with Gasteiger partial charge in [-0.15, -0.1) is 0 Å². The molecule has 1 atom stereocenters. The van der Waals surface area contributed by atoms with Gasteiger partial charge in [-0.3, -0.25) is 4.99 Å². The number of rotatable bonds is 4. The van der Waals surface area contributed by atoms with Gasteiger partial charge in [0.25, 0.3) is 0 Å². The van der Waals surface area contributed by atoms with Gasteiger partial charge in [-0.2, -0.15) is 0 Å². The highest BCUT2D eigenvalue weighted by Gasteiger charge is 2.30. The first-order chi connectivity index (χ1) is 12.3. The number of allylic oxidation sites excluding steroid dienone is 5. The average molecular weight is 391 g/mol. The molecule has 26 heavy (non-hydrogen) atoms. The van der Waals surface area contributed by atoms with E-state index < -0.39 is 9.84 Å². The van der Waals surface area contributed by atoms with E-state index in [9.17, 15) is 12.8 Å². The second-order valence-electron chi connectivity index (χ2n) is 6.78. The highest BCUT2D eigenvalue weighted by Crippen LogP contribution is 2.45. The van der Waals surface area contributed by atoms with Crippen molar-refractivity contribution < 1.29 is 12.8 Å². The first kappa shape index (κ1) is 17.7. The molecular weight excluding hydrogens is 371 g/mol. The van der Waals surface area contributed by atoms with Gasteiger partial charge in [-0.1, -0.05) is 6.07 Å². The zero-order valence-electron chi connectivity index (χ0n) is 14.6. The van der Waals surface area contributed by atoms with Gasteiger partial charge in [-0.25, -0.2) is 17.1 Å². The van der Waals surface area contributed by atoms with E-state index in [1.54, 1.807) is 18.0 Å². The zero-order valence-corrected chi connectivity index (χ0v) is 16.2. The van der Waals surface area contributed by atoms with Crippen molar-refractivity contribution >= 4 is 33.1 Å². The number of aliphatic imine (C=N–C) groups is 1. The Labute approximate surface area is 157 Å². The number of fused-ring (bicyclic) bond motifs is 2. The lowest BCUT2D eigenvalue weighted by atomic mass is 9.91. The number of nitrogens with zero attached hydrogens (tertiary/aromatic N) is 2. The fourth-order valence-corrected chi connectivity index (χ4v) is 5.18. The normalized spacial score (nSPS) is 22.3. The number of sulfone groups is 1. The topological polar surface area (TPSA) is 49.7 Å². The summed E-state index contributed by atoms with van der Waals surface area (Å²) in [6.45, 7) is 2.59. The molecule has 0 saturated carbocycles. The molecule has 0 fully saturated rings. The van der Waals surface area contributed by atoms with Crippen LogP contribution in [-0.2, 0) is 9.84 Å². The van der Waals surface area contributed by atoms with Crippen molar-refractivity contribution in [1.82, 2.24) is 4.31 Å². The zero-order chi connectivity index (χ0) is 18.5. The van der Waals surface area contributed by atoms with E-state index in [4.69, 9.17) is 0 Å². The van der Waals surface area contributed by atoms with Crippen LogP contribution in [0.15, 0.2) is 57.8 Å². The van der Waals surface area contributed by atoms with Crippen molar-refractivity contribution in [2.24, 2.45) is 4.99 Å². The van der Waals surface area contributed by atoms with Crippen molar-refractivity contribution in [2.45, 2.75) is 24.3 Å². The molecule has 2 aliphatic heterocycles. The van der Waals surface area contributed by atoms with Crippen LogP contribution in [0.5, 0.6) is 0 Å². The Morgan fingerprint density at radius 3 is 2.88 bits per heavy atom. The van der Waals surface area contributed by atoms with Crippen LogP contribution < -0.4 is 0 Å². The summed E-state index contributed by atoms with van der Waals surface area (Å²) in [6.07, 6.45) is 6.63. The summed E-state index contributed by atoms with van der Waals surface area (Å²) in [7, 11) is -2.98. The van der Waals surface area contributed by atoms with Crippen molar-refractivity contribution in [3.05, 3.63) is 59.1 Å². The van der Waals surface area contributed by atoms with E-state index in [-0.39, 0.29) is 24.0 Å². The fourth-order valence-electron chi connectivity index (χ4n) is 3.37. The highest BCUT2D eigenvalue weighted by molar-refractivity contribution is 7.97. The van der Waals surface area contributed by atoms with Gasteiger partial charge >= 0.3 is 0 Å². The third-order valence-electron chi connectivity index (χ3n) is 4.82. The minimum absolute atomic E-state index is 0.136. The maximum Gasteiger partial charge on any atom is 0.148 e. The molecule has 136 valence electrons. The Balaban J connectivity index is 1.58. The van der Waals surface area contributed by atoms with Crippen molar-refractivity contribution in [2.75, 3.05) is 18.6 Å². The van der Waals surface area contributed by atoms with E-state index in [1.807, 2.05) is 6.20 Å². The second kappa shape index (κ2) is 6.48. The molecule has 0 aromatic heterocycles. The largest absolute Gasteiger partial charge is 0.260 e. The Hall–Kier alpha value is -1.70. The molecule has 1 unspecified atom stereocenters. The van der Waals surface area contributed by atoms with E-state index in [0.29, 0.717) is 6.54 Å². The number of benzene rings is 1. The van der Waals surface area contributed by atoms with Crippen molar-refractivity contribution in [1.29, 1.82) is 0 Å². The number of hydrogen-bond donors (Lipinski definition) is 0. The van der Waals surface area contributed by atoms with Crippen LogP contribution in [0.25, 0.3) is 5.57 Å². The molecule has 2 heterocycles. The Kier molecular flexibility index (Phi) is 4.41. The molecule has 4 nitrogen and oxygen atoms in total. The summed E-state index contributed by atoms with van der Waals surface area (Å²) in [5.74, 6) is -0.0131. The molecule has 0 bridgehead atoms. The monoisotopic (exact) mass is 390 g/mol. The summed E-state index contributed by atoms with van der Waals surface area (Å²) >= 11 is 1.61. The van der Waals surface area contributed by atoms with Crippen LogP contribution in [0.4, 0.5) is 4.39 Å². The summed E-state index contributed by atoms with van der Waals surface area (Å²) in [5.41, 5.74) is 5.02. The molecule has 0 amide bonds. The smallest absolute Gasteiger partial charge is 0.148 e. The summed E-state index contributed by atoms with van der Waals surface area (Å²) in [4.78, 5) is 5.52. The Bertz CT molecular complexity index is 1010. The fraction of sp³-hybridized carbons (Fsp3) is 0.316. The van der Waals surface area contributed by atoms with E-state index in [1.165, 1.54) is 17.9 Å². The van der Waals surface area contributed by atoms with Crippen LogP contribution in [0, 0.1) is 0 Å². The predicted octanol–water partition coefficient (Wildman–Crippen LogP) is 4.09. The number of hydrogen-bond acceptors (Lipinski definition) is 5. The minimum atomic E-state index is -2.98. The maximum absolute atomic E-state index is 13.4. The first-order valence-electron chi connectivity index (χ1n) is 8.42. The van der Waals surface area contributed by atoms with Crippen LogP contribution in [0.2, 0.25) is 0 Å². The van der Waals surface area contributed by atoms with Gasteiger partial charge in [0.2, 0.25) is 0 Å². The SMILES string of the molecule is CC1c2cc(C3=CN=C4CC(F)=CC=C34)ccc2SN1CCS(C)(=O)=O. The Morgan fingerprint density at radius 1 is 1.31 bits per heavy atom. The van der Waals surface area contributed by atoms with Crippen molar-refractivity contribution in [3.63, 3.8) is 0 Å². The Morgan fingerprint density at radius 2 is 2.12 bits per heavy atom. The summed E-state index contributed by atoms with van der Waals surface area (Å²) in [6, 6.07) is 6.41. The lowest BCUT2D eigenvalue weighted by Gasteiger charge is -2.19. The van der Waals surface area contributed by atoms with Crippen molar-refractivity contribution in [3.8, 4) is 0 Å². The molecule has 1 aliphatic carbocycles. The first-order valence-corrected chi connectivity index (χ1v) is 11.3. The van der Waals surface area contributed by atoms with Gasteiger partial charge in [0.15, 0.2) is 0 Å². The van der Waals surface area contributed by atoms with Crippen LogP contribution in [-0.4, -0.2) is 37.0 Å². The molecule has 0 spiro atoms. The number of halogens is 1. The third kappa shape index (κ3) is 3.31. The summed E-state index contributed by atoms with van der Waals surface area (Å²) < 4.78 is 38.5. The van der Waals surface area contributed by atoms with Gasteiger partial charge in [0.1, 0.15) is 15.7 Å². The standard InChI is InChI=1S/C19H19FN2O2S2/c1-12-16-9-13(17-11-21-18-10-14(20)4-5-15(17)18)3-6-19(16)25-22(12)7-8-26(2,23)24/h3-6,9,11-12H,7-8,10H2,1-2H3. The van der Waals surface area contributed by atoms with Gasteiger partial charge < -0.3 is 0 Å². The highest BCUT2D eigenvalue weighted by atomic mass is 32.2. The molecule has 1 aromatic rings. The van der Waals surface area contributed by atoms with Gasteiger partial charge in [-0.05, 0) is 54.3 Å². The average Bonchev–Trinajstić information content (AvgIpc) is 3.13. The minimum Gasteiger partial charge on any atom is -0.260 e. The molecule has 4 rings (SSSR count). The third-order valence-corrected chi connectivity index (χ3v) is 7.04. The van der Waals surface area contributed by atoms with Crippen LogP contribution >= 0.6 is 11.9 Å². The van der Waals surface area contributed by atoms with E-state index in [2.05, 4.69) is 34.4 Å². The van der Waals surface area contributed by atoms with Gasteiger partial charge in [0.05, 0.1) is 11.5 Å². The second-order valence-corrected chi connectivity index (χ2v) is 10.1. The molecule has 0 radical (unpaired) electrons. The quantitative estimate of drug-likeness (QED) is 0.727. The molecule has 0 N–H and O–H groups in total. The van der Waals surface area contributed by atoms with Crippen LogP contribution in [0.3, 0.4) is 0 Å². The molecule has 3 aliphatic rings. The molecule has 7 heteroatoms. The van der Waals surface area contributed by atoms with Crippen LogP contribution in [0.1, 0.15) is 30.5 Å². The maximum atomic E-state index is 13.4.